The van der Waals surface area contributed by atoms with E-state index in [-0.39, 0.29) is 5.97 Å². The summed E-state index contributed by atoms with van der Waals surface area (Å²) >= 11 is 0. The molecule has 0 saturated heterocycles. The first-order valence-electron chi connectivity index (χ1n) is 5.62. The van der Waals surface area contributed by atoms with Gasteiger partial charge in [0.1, 0.15) is 11.5 Å². The number of ether oxygens (including phenoxy) is 2. The number of rotatable bonds is 7. The molecule has 17 heavy (non-hydrogen) atoms. The lowest BCUT2D eigenvalue weighted by Gasteiger charge is -2.00. The number of unbranched alkanes of at least 4 members (excludes halogenated alkanes) is 1. The Morgan fingerprint density at radius 3 is 2.76 bits per heavy atom. The Labute approximate surface area is 101 Å². The minimum Gasteiger partial charge on any atom is -0.463 e. The van der Waals surface area contributed by atoms with E-state index >= 15 is 0 Å². The SMILES string of the molecule is COCCCCOC(=O)C=Cc1ccc(C)o1. The molecule has 0 aromatic carbocycles. The van der Waals surface area contributed by atoms with Gasteiger partial charge in [-0.25, -0.2) is 4.79 Å². The van der Waals surface area contributed by atoms with Crippen LogP contribution < -0.4 is 0 Å². The molecule has 0 amide bonds. The molecule has 1 aromatic heterocycles. The molecule has 4 nitrogen and oxygen atoms in total. The fraction of sp³-hybridized carbons (Fsp3) is 0.462. The largest absolute Gasteiger partial charge is 0.463 e. The number of carbonyl (C=O) groups is 1. The van der Waals surface area contributed by atoms with Crippen LogP contribution >= 0.6 is 0 Å². The Bertz CT molecular complexity index is 365. The van der Waals surface area contributed by atoms with Crippen LogP contribution in [0.15, 0.2) is 22.6 Å². The van der Waals surface area contributed by atoms with E-state index < -0.39 is 0 Å². The highest BCUT2D eigenvalue weighted by Gasteiger charge is 1.98. The van der Waals surface area contributed by atoms with Crippen molar-refractivity contribution < 1.29 is 18.7 Å². The summed E-state index contributed by atoms with van der Waals surface area (Å²) in [5, 5.41) is 0. The first-order chi connectivity index (χ1) is 8.22. The summed E-state index contributed by atoms with van der Waals surface area (Å²) in [4.78, 5) is 11.3. The maximum Gasteiger partial charge on any atom is 0.330 e. The average Bonchev–Trinajstić information content (AvgIpc) is 2.72. The Morgan fingerprint density at radius 1 is 1.35 bits per heavy atom. The summed E-state index contributed by atoms with van der Waals surface area (Å²) in [5.74, 6) is 1.12. The van der Waals surface area contributed by atoms with Crippen molar-refractivity contribution in [2.75, 3.05) is 20.3 Å². The number of esters is 1. The van der Waals surface area contributed by atoms with Gasteiger partial charge in [0.25, 0.3) is 0 Å². The Balaban J connectivity index is 2.18. The maximum atomic E-state index is 11.3. The Kier molecular flexibility index (Phi) is 6.10. The van der Waals surface area contributed by atoms with Crippen molar-refractivity contribution in [3.63, 3.8) is 0 Å². The highest BCUT2D eigenvalue weighted by molar-refractivity contribution is 5.86. The predicted molar refractivity (Wildman–Crippen MR) is 64.5 cm³/mol. The lowest BCUT2D eigenvalue weighted by molar-refractivity contribution is -0.137. The van der Waals surface area contributed by atoms with Gasteiger partial charge in [-0.15, -0.1) is 0 Å². The van der Waals surface area contributed by atoms with Gasteiger partial charge < -0.3 is 13.9 Å². The average molecular weight is 238 g/mol. The van der Waals surface area contributed by atoms with E-state index in [0.717, 1.165) is 18.6 Å². The highest BCUT2D eigenvalue weighted by atomic mass is 16.5. The molecule has 0 N–H and O–H groups in total. The van der Waals surface area contributed by atoms with Crippen LogP contribution in [0.3, 0.4) is 0 Å². The minimum atomic E-state index is -0.350. The molecule has 0 aliphatic heterocycles. The van der Waals surface area contributed by atoms with Crippen LogP contribution in [0.2, 0.25) is 0 Å². The third kappa shape index (κ3) is 5.92. The second-order valence-electron chi connectivity index (χ2n) is 3.65. The summed E-state index contributed by atoms with van der Waals surface area (Å²) in [5.41, 5.74) is 0. The molecule has 0 fully saturated rings. The molecule has 0 aliphatic carbocycles. The van der Waals surface area contributed by atoms with Crippen LogP contribution in [0.5, 0.6) is 0 Å². The van der Waals surface area contributed by atoms with Crippen LogP contribution in [0.1, 0.15) is 24.4 Å². The van der Waals surface area contributed by atoms with Gasteiger partial charge in [-0.2, -0.15) is 0 Å². The zero-order valence-corrected chi connectivity index (χ0v) is 10.3. The standard InChI is InChI=1S/C13H18O4/c1-11-5-6-12(17-11)7-8-13(14)16-10-4-3-9-15-2/h5-8H,3-4,9-10H2,1-2H3. The number of aryl methyl sites for hydroxylation is 1. The Hall–Kier alpha value is -1.55. The quantitative estimate of drug-likeness (QED) is 0.416. The van der Waals surface area contributed by atoms with Crippen molar-refractivity contribution >= 4 is 12.0 Å². The molecule has 0 spiro atoms. The van der Waals surface area contributed by atoms with Crippen LogP contribution in [-0.4, -0.2) is 26.3 Å². The molecule has 4 heteroatoms. The van der Waals surface area contributed by atoms with Crippen LogP contribution in [-0.2, 0) is 14.3 Å². The van der Waals surface area contributed by atoms with Crippen molar-refractivity contribution in [2.45, 2.75) is 19.8 Å². The maximum absolute atomic E-state index is 11.3. The minimum absolute atomic E-state index is 0.350. The zero-order valence-electron chi connectivity index (χ0n) is 10.3. The van der Waals surface area contributed by atoms with Crippen LogP contribution in [0, 0.1) is 6.92 Å². The van der Waals surface area contributed by atoms with E-state index in [1.165, 1.54) is 6.08 Å². The van der Waals surface area contributed by atoms with E-state index in [1.54, 1.807) is 19.3 Å². The molecular formula is C13H18O4. The fourth-order valence-electron chi connectivity index (χ4n) is 1.26. The molecule has 94 valence electrons. The van der Waals surface area contributed by atoms with Gasteiger partial charge in [0.2, 0.25) is 0 Å². The van der Waals surface area contributed by atoms with Gasteiger partial charge in [-0.3, -0.25) is 0 Å². The summed E-state index contributed by atoms with van der Waals surface area (Å²) < 4.78 is 15.2. The summed E-state index contributed by atoms with van der Waals surface area (Å²) in [6, 6.07) is 3.65. The zero-order chi connectivity index (χ0) is 12.5. The van der Waals surface area contributed by atoms with E-state index in [1.807, 2.05) is 13.0 Å². The van der Waals surface area contributed by atoms with Gasteiger partial charge in [0, 0.05) is 19.8 Å². The van der Waals surface area contributed by atoms with Crippen LogP contribution in [0.4, 0.5) is 0 Å². The molecule has 0 saturated carbocycles. The van der Waals surface area contributed by atoms with Gasteiger partial charge in [0.15, 0.2) is 0 Å². The predicted octanol–water partition coefficient (Wildman–Crippen LogP) is 2.57. The van der Waals surface area contributed by atoms with Crippen molar-refractivity contribution in [1.82, 2.24) is 0 Å². The van der Waals surface area contributed by atoms with Crippen molar-refractivity contribution in [1.29, 1.82) is 0 Å². The molecule has 0 radical (unpaired) electrons. The third-order valence-electron chi connectivity index (χ3n) is 2.13. The van der Waals surface area contributed by atoms with E-state index in [4.69, 9.17) is 13.9 Å². The summed E-state index contributed by atoms with van der Waals surface area (Å²) in [6.07, 6.45) is 4.68. The van der Waals surface area contributed by atoms with Gasteiger partial charge >= 0.3 is 5.97 Å². The molecule has 0 bridgehead atoms. The van der Waals surface area contributed by atoms with E-state index in [9.17, 15) is 4.79 Å². The monoisotopic (exact) mass is 238 g/mol. The number of carbonyl (C=O) groups excluding carboxylic acids is 1. The van der Waals surface area contributed by atoms with Crippen molar-refractivity contribution in [2.24, 2.45) is 0 Å². The van der Waals surface area contributed by atoms with Gasteiger partial charge in [-0.1, -0.05) is 0 Å². The number of hydrogen-bond acceptors (Lipinski definition) is 4. The first kappa shape index (κ1) is 13.5. The molecule has 1 heterocycles. The van der Waals surface area contributed by atoms with E-state index in [2.05, 4.69) is 0 Å². The molecule has 1 rings (SSSR count). The van der Waals surface area contributed by atoms with Crippen molar-refractivity contribution in [3.05, 3.63) is 29.7 Å². The molecule has 1 aromatic rings. The smallest absolute Gasteiger partial charge is 0.330 e. The van der Waals surface area contributed by atoms with E-state index in [0.29, 0.717) is 19.0 Å². The summed E-state index contributed by atoms with van der Waals surface area (Å²) in [7, 11) is 1.65. The topological polar surface area (TPSA) is 48.7 Å². The molecule has 0 unspecified atom stereocenters. The van der Waals surface area contributed by atoms with Crippen LogP contribution in [0.25, 0.3) is 6.08 Å². The normalized spacial score (nSPS) is 10.9. The fourth-order valence-corrected chi connectivity index (χ4v) is 1.26. The first-order valence-corrected chi connectivity index (χ1v) is 5.62. The van der Waals surface area contributed by atoms with Crippen molar-refractivity contribution in [3.8, 4) is 0 Å². The highest BCUT2D eigenvalue weighted by Crippen LogP contribution is 2.07. The number of hydrogen-bond donors (Lipinski definition) is 0. The number of methoxy groups -OCH3 is 1. The lowest BCUT2D eigenvalue weighted by Crippen LogP contribution is -2.03. The third-order valence-corrected chi connectivity index (χ3v) is 2.13. The molecular weight excluding hydrogens is 220 g/mol. The molecule has 0 aliphatic rings. The van der Waals surface area contributed by atoms with Gasteiger partial charge in [0.05, 0.1) is 6.61 Å². The second-order valence-corrected chi connectivity index (χ2v) is 3.65. The number of furan rings is 1. The second kappa shape index (κ2) is 7.68. The molecule has 0 atom stereocenters. The lowest BCUT2D eigenvalue weighted by atomic mass is 10.3. The van der Waals surface area contributed by atoms with Gasteiger partial charge in [-0.05, 0) is 38.0 Å². The summed E-state index contributed by atoms with van der Waals surface area (Å²) in [6.45, 7) is 2.97. The Morgan fingerprint density at radius 2 is 2.12 bits per heavy atom.